The maximum atomic E-state index is 11.2. The molecule has 0 bridgehead atoms. The zero-order valence-corrected chi connectivity index (χ0v) is 12.9. The van der Waals surface area contributed by atoms with Gasteiger partial charge in [-0.2, -0.15) is 0 Å². The van der Waals surface area contributed by atoms with Gasteiger partial charge in [0.05, 0.1) is 0 Å². The Balaban J connectivity index is 2.04. The van der Waals surface area contributed by atoms with Crippen molar-refractivity contribution in [1.82, 2.24) is 0 Å². The molecule has 0 radical (unpaired) electrons. The van der Waals surface area contributed by atoms with Gasteiger partial charge in [-0.3, -0.25) is 4.79 Å². The molecule has 0 atom stereocenters. The lowest BCUT2D eigenvalue weighted by Gasteiger charge is -2.09. The number of aldehydes is 1. The summed E-state index contributed by atoms with van der Waals surface area (Å²) in [5.41, 5.74) is 4.52. The van der Waals surface area contributed by atoms with E-state index in [9.17, 15) is 4.79 Å². The minimum absolute atomic E-state index is 0.749. The third-order valence-electron chi connectivity index (χ3n) is 4.17. The molecule has 0 aliphatic heterocycles. The normalized spacial score (nSPS) is 10.8. The third kappa shape index (κ3) is 2.80. The van der Waals surface area contributed by atoms with Crippen LogP contribution in [0.2, 0.25) is 0 Å². The van der Waals surface area contributed by atoms with E-state index in [-0.39, 0.29) is 0 Å². The Morgan fingerprint density at radius 1 is 0.864 bits per heavy atom. The highest BCUT2D eigenvalue weighted by Crippen LogP contribution is 2.30. The molecule has 0 saturated carbocycles. The first-order valence-electron chi connectivity index (χ1n) is 7.89. The van der Waals surface area contributed by atoms with Gasteiger partial charge in [0, 0.05) is 5.56 Å². The number of fused-ring (bicyclic) bond motifs is 1. The van der Waals surface area contributed by atoms with E-state index in [2.05, 4.69) is 43.3 Å². The zero-order valence-electron chi connectivity index (χ0n) is 12.9. The number of unbranched alkanes of at least 4 members (excludes halogenated alkanes) is 1. The van der Waals surface area contributed by atoms with Crippen LogP contribution in [0.25, 0.3) is 21.9 Å². The fourth-order valence-electron chi connectivity index (χ4n) is 2.92. The highest BCUT2D eigenvalue weighted by molar-refractivity contribution is 6.04. The van der Waals surface area contributed by atoms with Crippen molar-refractivity contribution < 1.29 is 4.79 Å². The molecule has 0 aliphatic rings. The minimum atomic E-state index is 0.749. The quantitative estimate of drug-likeness (QED) is 0.553. The summed E-state index contributed by atoms with van der Waals surface area (Å²) in [6.45, 7) is 2.22. The van der Waals surface area contributed by atoms with E-state index in [1.165, 1.54) is 29.5 Å². The van der Waals surface area contributed by atoms with Gasteiger partial charge in [-0.25, -0.2) is 0 Å². The fourth-order valence-corrected chi connectivity index (χ4v) is 2.92. The molecule has 1 heteroatoms. The van der Waals surface area contributed by atoms with E-state index >= 15 is 0 Å². The molecule has 110 valence electrons. The highest BCUT2D eigenvalue weighted by Gasteiger charge is 2.06. The van der Waals surface area contributed by atoms with Crippen molar-refractivity contribution in [2.24, 2.45) is 0 Å². The Morgan fingerprint density at radius 3 is 2.32 bits per heavy atom. The fraction of sp³-hybridized carbons (Fsp3) is 0.190. The monoisotopic (exact) mass is 288 g/mol. The second kappa shape index (κ2) is 6.57. The predicted octanol–water partition coefficient (Wildman–Crippen LogP) is 5.66. The van der Waals surface area contributed by atoms with Crippen LogP contribution in [-0.4, -0.2) is 6.29 Å². The second-order valence-corrected chi connectivity index (χ2v) is 5.67. The summed E-state index contributed by atoms with van der Waals surface area (Å²) in [6, 6.07) is 20.9. The predicted molar refractivity (Wildman–Crippen MR) is 93.4 cm³/mol. The SMILES string of the molecule is CCCCc1ccc(-c2cccc3c(C=O)cccc23)cc1. The molecule has 0 fully saturated rings. The Bertz CT molecular complexity index is 785. The first kappa shape index (κ1) is 14.5. The summed E-state index contributed by atoms with van der Waals surface area (Å²) >= 11 is 0. The largest absolute Gasteiger partial charge is 0.298 e. The molecule has 0 amide bonds. The van der Waals surface area contributed by atoms with Crippen LogP contribution in [0.3, 0.4) is 0 Å². The van der Waals surface area contributed by atoms with Crippen molar-refractivity contribution in [3.8, 4) is 11.1 Å². The van der Waals surface area contributed by atoms with Gasteiger partial charge in [0.15, 0.2) is 6.29 Å². The molecular weight excluding hydrogens is 268 g/mol. The molecule has 1 nitrogen and oxygen atoms in total. The average Bonchev–Trinajstić information content (AvgIpc) is 2.59. The van der Waals surface area contributed by atoms with Crippen LogP contribution in [-0.2, 0) is 6.42 Å². The molecule has 0 heterocycles. The van der Waals surface area contributed by atoms with Gasteiger partial charge < -0.3 is 0 Å². The molecule has 0 saturated heterocycles. The van der Waals surface area contributed by atoms with Crippen LogP contribution in [0.15, 0.2) is 60.7 Å². The van der Waals surface area contributed by atoms with Crippen LogP contribution in [0, 0.1) is 0 Å². The molecule has 0 spiro atoms. The van der Waals surface area contributed by atoms with Crippen LogP contribution >= 0.6 is 0 Å². The van der Waals surface area contributed by atoms with E-state index in [0.29, 0.717) is 0 Å². The summed E-state index contributed by atoms with van der Waals surface area (Å²) in [5, 5.41) is 2.15. The second-order valence-electron chi connectivity index (χ2n) is 5.67. The summed E-state index contributed by atoms with van der Waals surface area (Å²) in [5.74, 6) is 0. The molecule has 0 unspecified atom stereocenters. The molecular formula is C21H20O. The van der Waals surface area contributed by atoms with Gasteiger partial charge in [0.1, 0.15) is 0 Å². The average molecular weight is 288 g/mol. The van der Waals surface area contributed by atoms with Crippen molar-refractivity contribution in [3.05, 3.63) is 71.8 Å². The van der Waals surface area contributed by atoms with Crippen molar-refractivity contribution in [2.75, 3.05) is 0 Å². The van der Waals surface area contributed by atoms with Crippen molar-refractivity contribution in [3.63, 3.8) is 0 Å². The van der Waals surface area contributed by atoms with Crippen LogP contribution in [0.5, 0.6) is 0 Å². The Morgan fingerprint density at radius 2 is 1.59 bits per heavy atom. The molecule has 0 aliphatic carbocycles. The topological polar surface area (TPSA) is 17.1 Å². The number of carbonyl (C=O) groups is 1. The van der Waals surface area contributed by atoms with Crippen molar-refractivity contribution in [1.29, 1.82) is 0 Å². The number of aryl methyl sites for hydroxylation is 1. The van der Waals surface area contributed by atoms with Gasteiger partial charge >= 0.3 is 0 Å². The lowest BCUT2D eigenvalue weighted by atomic mass is 9.95. The minimum Gasteiger partial charge on any atom is -0.298 e. The zero-order chi connectivity index (χ0) is 15.4. The summed E-state index contributed by atoms with van der Waals surface area (Å²) < 4.78 is 0. The number of benzene rings is 3. The van der Waals surface area contributed by atoms with E-state index < -0.39 is 0 Å². The van der Waals surface area contributed by atoms with Gasteiger partial charge in [0.25, 0.3) is 0 Å². The van der Waals surface area contributed by atoms with Crippen molar-refractivity contribution >= 4 is 17.1 Å². The van der Waals surface area contributed by atoms with Gasteiger partial charge in [-0.1, -0.05) is 74.0 Å². The smallest absolute Gasteiger partial charge is 0.150 e. The first-order chi connectivity index (χ1) is 10.8. The van der Waals surface area contributed by atoms with E-state index in [1.807, 2.05) is 24.3 Å². The van der Waals surface area contributed by atoms with Gasteiger partial charge in [0.2, 0.25) is 0 Å². The lowest BCUT2D eigenvalue weighted by Crippen LogP contribution is -1.88. The molecule has 3 aromatic rings. The Labute approximate surface area is 131 Å². The highest BCUT2D eigenvalue weighted by atomic mass is 16.1. The maximum absolute atomic E-state index is 11.2. The third-order valence-corrected chi connectivity index (χ3v) is 4.17. The van der Waals surface area contributed by atoms with Crippen molar-refractivity contribution in [2.45, 2.75) is 26.2 Å². The molecule has 0 N–H and O–H groups in total. The van der Waals surface area contributed by atoms with Crippen LogP contribution in [0.4, 0.5) is 0 Å². The molecule has 0 aromatic heterocycles. The van der Waals surface area contributed by atoms with Crippen LogP contribution < -0.4 is 0 Å². The summed E-state index contributed by atoms with van der Waals surface area (Å²) in [6.07, 6.45) is 4.53. The Kier molecular flexibility index (Phi) is 4.34. The maximum Gasteiger partial charge on any atom is 0.150 e. The van der Waals surface area contributed by atoms with E-state index in [4.69, 9.17) is 0 Å². The van der Waals surface area contributed by atoms with E-state index in [1.54, 1.807) is 0 Å². The van der Waals surface area contributed by atoms with E-state index in [0.717, 1.165) is 29.0 Å². The van der Waals surface area contributed by atoms with Crippen LogP contribution in [0.1, 0.15) is 35.7 Å². The molecule has 22 heavy (non-hydrogen) atoms. The standard InChI is InChI=1S/C21H20O/c1-2-3-6-16-11-13-17(14-12-16)19-8-5-9-20-18(15-22)7-4-10-21(19)20/h4-5,7-15H,2-3,6H2,1H3. The Hall–Kier alpha value is -2.41. The van der Waals surface area contributed by atoms with Gasteiger partial charge in [-0.05, 0) is 40.3 Å². The lowest BCUT2D eigenvalue weighted by molar-refractivity contribution is 0.112. The van der Waals surface area contributed by atoms with Gasteiger partial charge in [-0.15, -0.1) is 0 Å². The summed E-state index contributed by atoms with van der Waals surface area (Å²) in [4.78, 5) is 11.2. The number of carbonyl (C=O) groups excluding carboxylic acids is 1. The molecule has 3 aromatic carbocycles. The summed E-state index contributed by atoms with van der Waals surface area (Å²) in [7, 11) is 0. The number of hydrogen-bond acceptors (Lipinski definition) is 1. The number of rotatable bonds is 5. The molecule has 3 rings (SSSR count). The number of hydrogen-bond donors (Lipinski definition) is 0. The first-order valence-corrected chi connectivity index (χ1v) is 7.89.